The molecule has 1 fully saturated rings. The lowest BCUT2D eigenvalue weighted by Gasteiger charge is -2.41. The zero-order chi connectivity index (χ0) is 24.1. The molecule has 2 heterocycles. The summed E-state index contributed by atoms with van der Waals surface area (Å²) in [5.74, 6) is 0.643. The number of benzene rings is 1. The number of hydrogen-bond acceptors (Lipinski definition) is 9. The number of aliphatic hydroxyl groups excluding tert-OH is 1. The van der Waals surface area contributed by atoms with Gasteiger partial charge in [0.05, 0.1) is 13.7 Å². The van der Waals surface area contributed by atoms with Crippen LogP contribution in [0.2, 0.25) is 0 Å². The first-order valence-electron chi connectivity index (χ1n) is 11.8. The van der Waals surface area contributed by atoms with E-state index in [-0.39, 0.29) is 16.6 Å². The largest absolute Gasteiger partial charge is 0.511 e. The van der Waals surface area contributed by atoms with Gasteiger partial charge in [-0.15, -0.1) is 5.10 Å². The number of aryl methyl sites for hydroxylation is 1. The third-order valence-corrected chi connectivity index (χ3v) is 7.84. The van der Waals surface area contributed by atoms with Gasteiger partial charge in [0.2, 0.25) is 5.16 Å². The molecule has 34 heavy (non-hydrogen) atoms. The summed E-state index contributed by atoms with van der Waals surface area (Å²) in [6.45, 7) is 1.34. The number of carbonyl (C=O) groups excluding carboxylic acids is 1. The second kappa shape index (κ2) is 10.8. The smallest absolute Gasteiger partial charge is 0.349 e. The Hall–Kier alpha value is -2.59. The van der Waals surface area contributed by atoms with Crippen molar-refractivity contribution in [2.75, 3.05) is 27.7 Å². The predicted octanol–water partition coefficient (Wildman–Crippen LogP) is 3.61. The molecule has 1 aromatic heterocycles. The number of ether oxygens (including phenoxy) is 2. The van der Waals surface area contributed by atoms with Crippen LogP contribution < -0.4 is 4.74 Å². The van der Waals surface area contributed by atoms with Crippen molar-refractivity contribution in [2.45, 2.75) is 62.2 Å². The Bertz CT molecular complexity index is 1020. The molecule has 1 aromatic carbocycles. The van der Waals surface area contributed by atoms with Gasteiger partial charge in [-0.05, 0) is 85.6 Å². The van der Waals surface area contributed by atoms with Crippen LogP contribution in [-0.2, 0) is 22.5 Å². The number of thioether (sulfide) groups is 1. The van der Waals surface area contributed by atoms with Gasteiger partial charge < -0.3 is 19.5 Å². The van der Waals surface area contributed by atoms with Gasteiger partial charge in [0.15, 0.2) is 0 Å². The van der Waals surface area contributed by atoms with Crippen molar-refractivity contribution >= 4 is 17.7 Å². The van der Waals surface area contributed by atoms with Gasteiger partial charge in [-0.1, -0.05) is 25.0 Å². The van der Waals surface area contributed by atoms with Crippen molar-refractivity contribution in [1.29, 1.82) is 0 Å². The van der Waals surface area contributed by atoms with Crippen molar-refractivity contribution in [3.8, 4) is 5.75 Å². The Labute approximate surface area is 204 Å². The zero-order valence-electron chi connectivity index (χ0n) is 20.1. The van der Waals surface area contributed by atoms with Crippen LogP contribution in [0, 0.1) is 5.92 Å². The molecule has 4 rings (SSSR count). The van der Waals surface area contributed by atoms with Gasteiger partial charge in [0, 0.05) is 13.0 Å². The Morgan fingerprint density at radius 2 is 2.00 bits per heavy atom. The molecule has 0 spiro atoms. The number of esters is 1. The highest BCUT2D eigenvalue weighted by molar-refractivity contribution is 8.03. The number of aliphatic hydroxyl groups is 1. The van der Waals surface area contributed by atoms with Crippen LogP contribution in [0.4, 0.5) is 0 Å². The third-order valence-electron chi connectivity index (χ3n) is 6.76. The molecule has 0 amide bonds. The maximum absolute atomic E-state index is 13.2. The average molecular weight is 488 g/mol. The molecule has 2 aromatic rings. The van der Waals surface area contributed by atoms with E-state index >= 15 is 0 Å². The minimum atomic E-state index is -0.696. The molecule has 1 aliphatic heterocycles. The predicted molar refractivity (Wildman–Crippen MR) is 129 cm³/mol. The molecule has 9 nitrogen and oxygen atoms in total. The first kappa shape index (κ1) is 24.5. The lowest BCUT2D eigenvalue weighted by atomic mass is 9.77. The van der Waals surface area contributed by atoms with Gasteiger partial charge >= 0.3 is 5.97 Å². The van der Waals surface area contributed by atoms with E-state index in [2.05, 4.69) is 15.5 Å². The van der Waals surface area contributed by atoms with Crippen LogP contribution in [0.15, 0.2) is 40.1 Å². The quantitative estimate of drug-likeness (QED) is 0.503. The summed E-state index contributed by atoms with van der Waals surface area (Å²) < 4.78 is 13.1. The average Bonchev–Trinajstić information content (AvgIpc) is 3.52. The van der Waals surface area contributed by atoms with Crippen LogP contribution in [0.3, 0.4) is 0 Å². The summed E-state index contributed by atoms with van der Waals surface area (Å²) in [7, 11) is 5.59. The molecular formula is C24H33N5O4S. The molecule has 10 heteroatoms. The van der Waals surface area contributed by atoms with E-state index in [4.69, 9.17) is 9.47 Å². The molecule has 1 unspecified atom stereocenters. The molecule has 1 aliphatic carbocycles. The van der Waals surface area contributed by atoms with Gasteiger partial charge in [-0.25, -0.2) is 9.48 Å². The lowest BCUT2D eigenvalue weighted by Crippen LogP contribution is -2.45. The minimum absolute atomic E-state index is 0.0741. The van der Waals surface area contributed by atoms with Crippen molar-refractivity contribution < 1.29 is 19.4 Å². The van der Waals surface area contributed by atoms with Crippen LogP contribution in [0.25, 0.3) is 0 Å². The number of aromatic nitrogens is 4. The Morgan fingerprint density at radius 3 is 2.65 bits per heavy atom. The number of tetrazole rings is 1. The van der Waals surface area contributed by atoms with Gasteiger partial charge in [-0.2, -0.15) is 0 Å². The number of nitrogens with zero attached hydrogens (tertiary/aromatic N) is 5. The molecular weight excluding hydrogens is 454 g/mol. The van der Waals surface area contributed by atoms with Crippen molar-refractivity contribution in [3.63, 3.8) is 0 Å². The topological polar surface area (TPSA) is 103 Å². The molecule has 0 bridgehead atoms. The van der Waals surface area contributed by atoms with Crippen molar-refractivity contribution in [2.24, 2.45) is 5.92 Å². The van der Waals surface area contributed by atoms with E-state index in [1.54, 1.807) is 11.8 Å². The van der Waals surface area contributed by atoms with E-state index in [1.165, 1.54) is 0 Å². The van der Waals surface area contributed by atoms with E-state index < -0.39 is 11.6 Å². The van der Waals surface area contributed by atoms with Crippen LogP contribution in [-0.4, -0.2) is 69.5 Å². The van der Waals surface area contributed by atoms with Crippen molar-refractivity contribution in [3.05, 3.63) is 40.5 Å². The summed E-state index contributed by atoms with van der Waals surface area (Å²) in [6, 6.07) is 7.96. The number of carbonyl (C=O) groups is 1. The highest BCUT2D eigenvalue weighted by Crippen LogP contribution is 2.47. The fourth-order valence-corrected chi connectivity index (χ4v) is 5.62. The molecule has 184 valence electrons. The maximum atomic E-state index is 13.2. The van der Waals surface area contributed by atoms with Crippen LogP contribution in [0.5, 0.6) is 5.75 Å². The van der Waals surface area contributed by atoms with E-state index in [0.29, 0.717) is 24.5 Å². The highest BCUT2D eigenvalue weighted by Gasteiger charge is 2.48. The minimum Gasteiger partial charge on any atom is -0.511 e. The summed E-state index contributed by atoms with van der Waals surface area (Å²) in [4.78, 5) is 15.4. The number of likely N-dealkylation sites (N-methyl/N-ethyl adjacent to an activating group) is 1. The maximum Gasteiger partial charge on any atom is 0.349 e. The normalized spacial score (nSPS) is 21.4. The molecule has 1 atom stereocenters. The number of rotatable bonds is 10. The molecule has 1 saturated carbocycles. The van der Waals surface area contributed by atoms with Gasteiger partial charge in [0.1, 0.15) is 22.0 Å². The molecule has 1 N–H and O–H groups in total. The number of cyclic esters (lactones) is 1. The Morgan fingerprint density at radius 1 is 1.26 bits per heavy atom. The summed E-state index contributed by atoms with van der Waals surface area (Å²) in [5, 5.41) is 23.3. The highest BCUT2D eigenvalue weighted by atomic mass is 32.2. The number of methoxy groups -OCH3 is 1. The molecule has 0 radical (unpaired) electrons. The second-order valence-corrected chi connectivity index (χ2v) is 10.3. The fourth-order valence-electron chi connectivity index (χ4n) is 4.82. The molecule has 0 saturated heterocycles. The lowest BCUT2D eigenvalue weighted by molar-refractivity contribution is -0.166. The van der Waals surface area contributed by atoms with Crippen LogP contribution in [0.1, 0.15) is 44.1 Å². The van der Waals surface area contributed by atoms with E-state index in [0.717, 1.165) is 61.7 Å². The summed E-state index contributed by atoms with van der Waals surface area (Å²) in [5.41, 5.74) is 0.455. The fraction of sp³-hybridized carbons (Fsp3) is 0.583. The standard InChI is InChI=1S/C24H33N5O4S/c1-28(2)14-15-29-23(25-26-27-29)34-21-20(30)16-24(33-22(21)31,18-6-4-5-7-18)13-12-17-8-10-19(32-3)11-9-17/h8-11,18,30H,4-7,12-16H2,1-3H3. The summed E-state index contributed by atoms with van der Waals surface area (Å²) >= 11 is 1.08. The van der Waals surface area contributed by atoms with Crippen molar-refractivity contribution in [1.82, 2.24) is 25.1 Å². The van der Waals surface area contributed by atoms with Crippen LogP contribution >= 0.6 is 11.8 Å². The third kappa shape index (κ3) is 5.55. The monoisotopic (exact) mass is 487 g/mol. The van der Waals surface area contributed by atoms with Gasteiger partial charge in [-0.3, -0.25) is 0 Å². The van der Waals surface area contributed by atoms with E-state index in [9.17, 15) is 9.90 Å². The van der Waals surface area contributed by atoms with Gasteiger partial charge in [0.25, 0.3) is 0 Å². The zero-order valence-corrected chi connectivity index (χ0v) is 20.9. The Balaban J connectivity index is 1.52. The first-order chi connectivity index (χ1) is 16.4. The Kier molecular flexibility index (Phi) is 7.77. The van der Waals surface area contributed by atoms with E-state index in [1.807, 2.05) is 43.3 Å². The first-order valence-corrected chi connectivity index (χ1v) is 12.6. The molecule has 2 aliphatic rings. The second-order valence-electron chi connectivity index (χ2n) is 9.33. The SMILES string of the molecule is COc1ccc(CCC2(C3CCCC3)CC(O)=C(Sc3nnnn3CCN(C)C)C(=O)O2)cc1. The number of hydrogen-bond donors (Lipinski definition) is 1. The summed E-state index contributed by atoms with van der Waals surface area (Å²) in [6.07, 6.45) is 6.01.